The van der Waals surface area contributed by atoms with Crippen LogP contribution in [0.5, 0.6) is 11.5 Å². The fraction of sp³-hybridized carbons (Fsp3) is 0.0870. The van der Waals surface area contributed by atoms with Gasteiger partial charge in [-0.05, 0) is 77.7 Å². The minimum absolute atomic E-state index is 0.0372. The molecule has 29 heavy (non-hydrogen) atoms. The Bertz CT molecular complexity index is 1170. The summed E-state index contributed by atoms with van der Waals surface area (Å²) in [6.07, 6.45) is 1.93. The summed E-state index contributed by atoms with van der Waals surface area (Å²) in [5, 5.41) is 1.78. The van der Waals surface area contributed by atoms with Crippen LogP contribution < -0.4 is 9.64 Å². The molecule has 0 bridgehead atoms. The fourth-order valence-electron chi connectivity index (χ4n) is 3.49. The number of amides is 1. The van der Waals surface area contributed by atoms with Gasteiger partial charge in [-0.3, -0.25) is 9.69 Å². The van der Waals surface area contributed by atoms with E-state index in [4.69, 9.17) is 16.3 Å². The average molecular weight is 421 g/mol. The third-order valence-corrected chi connectivity index (χ3v) is 6.36. The topological polar surface area (TPSA) is 45.3 Å². The van der Waals surface area contributed by atoms with E-state index in [0.717, 1.165) is 22.2 Å². The normalized spacial score (nSPS) is 16.5. The molecule has 144 valence electrons. The molecule has 0 saturated carbocycles. The summed E-state index contributed by atoms with van der Waals surface area (Å²) in [6, 6.07) is 23.2. The first kappa shape index (κ1) is 18.2. The second kappa shape index (κ2) is 7.50. The maximum Gasteiger partial charge on any atom is 0.238 e. The molecule has 1 aromatic heterocycles. The van der Waals surface area contributed by atoms with Gasteiger partial charge >= 0.3 is 0 Å². The Labute approximate surface area is 177 Å². The Morgan fingerprint density at radius 2 is 1.69 bits per heavy atom. The van der Waals surface area contributed by atoms with Crippen molar-refractivity contribution in [2.75, 3.05) is 10.7 Å². The number of ether oxygens (including phenoxy) is 1. The first-order chi connectivity index (χ1) is 14.2. The fourth-order valence-corrected chi connectivity index (χ4v) is 4.78. The number of halogens is 1. The van der Waals surface area contributed by atoms with Crippen molar-refractivity contribution in [3.63, 3.8) is 0 Å². The second-order valence-corrected chi connectivity index (χ2v) is 8.31. The Hall–Kier alpha value is -2.89. The summed E-state index contributed by atoms with van der Waals surface area (Å²) in [5.74, 6) is 2.01. The molecule has 6 heteroatoms. The number of thioether (sulfide) groups is 1. The third kappa shape index (κ3) is 3.59. The van der Waals surface area contributed by atoms with Gasteiger partial charge < -0.3 is 9.72 Å². The van der Waals surface area contributed by atoms with Gasteiger partial charge in [0.05, 0.1) is 5.75 Å². The van der Waals surface area contributed by atoms with Crippen LogP contribution in [0.3, 0.4) is 0 Å². The number of aromatic amines is 1. The first-order valence-corrected chi connectivity index (χ1v) is 10.6. The number of H-pyrrole nitrogens is 1. The smallest absolute Gasteiger partial charge is 0.238 e. The summed E-state index contributed by atoms with van der Waals surface area (Å²) >= 11 is 7.56. The van der Waals surface area contributed by atoms with Crippen molar-refractivity contribution in [2.24, 2.45) is 0 Å². The van der Waals surface area contributed by atoms with E-state index in [1.54, 1.807) is 23.9 Å². The van der Waals surface area contributed by atoms with Gasteiger partial charge in [0, 0.05) is 22.4 Å². The highest BCUT2D eigenvalue weighted by atomic mass is 35.5. The molecule has 1 unspecified atom stereocenters. The molecule has 1 fully saturated rings. The molecule has 1 N–H and O–H groups in total. The Morgan fingerprint density at radius 3 is 2.45 bits per heavy atom. The summed E-state index contributed by atoms with van der Waals surface area (Å²) in [4.78, 5) is 17.7. The zero-order chi connectivity index (χ0) is 19.8. The van der Waals surface area contributed by atoms with Crippen molar-refractivity contribution in [1.29, 1.82) is 0 Å². The predicted molar refractivity (Wildman–Crippen MR) is 119 cm³/mol. The number of carbonyl (C=O) groups excluding carboxylic acids is 1. The third-order valence-electron chi connectivity index (χ3n) is 4.89. The number of nitrogens with one attached hydrogen (secondary N) is 1. The Balaban J connectivity index is 1.40. The number of carbonyl (C=O) groups is 1. The minimum atomic E-state index is -0.0372. The Morgan fingerprint density at radius 1 is 0.966 bits per heavy atom. The molecule has 0 aliphatic carbocycles. The van der Waals surface area contributed by atoms with Crippen LogP contribution in [0.1, 0.15) is 10.9 Å². The molecule has 2 heterocycles. The van der Waals surface area contributed by atoms with Crippen LogP contribution in [-0.4, -0.2) is 16.6 Å². The highest BCUT2D eigenvalue weighted by molar-refractivity contribution is 8.00. The molecule has 4 aromatic rings. The molecule has 4 nitrogen and oxygen atoms in total. The second-order valence-electron chi connectivity index (χ2n) is 6.80. The van der Waals surface area contributed by atoms with E-state index in [2.05, 4.69) is 23.2 Å². The number of aromatic nitrogens is 1. The zero-order valence-electron chi connectivity index (χ0n) is 15.3. The summed E-state index contributed by atoms with van der Waals surface area (Å²) in [5.41, 5.74) is 3.08. The van der Waals surface area contributed by atoms with E-state index in [1.165, 1.54) is 0 Å². The SMILES string of the molecule is O=C1CSC(c2ccc3[nH]ccc3c2)N1c1ccc(Oc2ccc(Cl)cc2)cc1. The van der Waals surface area contributed by atoms with E-state index in [-0.39, 0.29) is 11.3 Å². The van der Waals surface area contributed by atoms with E-state index >= 15 is 0 Å². The van der Waals surface area contributed by atoms with E-state index in [0.29, 0.717) is 22.3 Å². The molecular weight excluding hydrogens is 404 g/mol. The van der Waals surface area contributed by atoms with Gasteiger partial charge in [0.15, 0.2) is 0 Å². The van der Waals surface area contributed by atoms with Crippen molar-refractivity contribution in [1.82, 2.24) is 4.98 Å². The van der Waals surface area contributed by atoms with Gasteiger partial charge in [-0.25, -0.2) is 0 Å². The molecule has 1 saturated heterocycles. The van der Waals surface area contributed by atoms with Crippen molar-refractivity contribution < 1.29 is 9.53 Å². The largest absolute Gasteiger partial charge is 0.457 e. The lowest BCUT2D eigenvalue weighted by atomic mass is 10.1. The lowest BCUT2D eigenvalue weighted by Crippen LogP contribution is -2.27. The van der Waals surface area contributed by atoms with Crippen molar-refractivity contribution in [3.8, 4) is 11.5 Å². The van der Waals surface area contributed by atoms with Gasteiger partial charge in [0.25, 0.3) is 0 Å². The lowest BCUT2D eigenvalue weighted by Gasteiger charge is -2.24. The van der Waals surface area contributed by atoms with Crippen LogP contribution in [0, 0.1) is 0 Å². The Kier molecular flexibility index (Phi) is 4.70. The van der Waals surface area contributed by atoms with Crippen LogP contribution in [0.2, 0.25) is 5.02 Å². The maximum absolute atomic E-state index is 12.6. The molecule has 1 amide bonds. The zero-order valence-corrected chi connectivity index (χ0v) is 16.9. The molecule has 5 rings (SSSR count). The van der Waals surface area contributed by atoms with Gasteiger partial charge in [0.1, 0.15) is 16.9 Å². The van der Waals surface area contributed by atoms with E-state index in [1.807, 2.05) is 53.6 Å². The molecular formula is C23H17ClN2O2S. The van der Waals surface area contributed by atoms with Gasteiger partial charge in [0.2, 0.25) is 5.91 Å². The summed E-state index contributed by atoms with van der Waals surface area (Å²) in [6.45, 7) is 0. The predicted octanol–water partition coefficient (Wildman–Crippen LogP) is 6.39. The number of anilines is 1. The van der Waals surface area contributed by atoms with Crippen LogP contribution in [-0.2, 0) is 4.79 Å². The molecule has 0 spiro atoms. The lowest BCUT2D eigenvalue weighted by molar-refractivity contribution is -0.115. The highest BCUT2D eigenvalue weighted by Gasteiger charge is 2.34. The summed E-state index contributed by atoms with van der Waals surface area (Å²) < 4.78 is 5.86. The number of hydrogen-bond acceptors (Lipinski definition) is 3. The average Bonchev–Trinajstić information content (AvgIpc) is 3.36. The number of rotatable bonds is 4. The van der Waals surface area contributed by atoms with Crippen molar-refractivity contribution in [3.05, 3.63) is 89.6 Å². The van der Waals surface area contributed by atoms with Crippen LogP contribution in [0.25, 0.3) is 10.9 Å². The van der Waals surface area contributed by atoms with Crippen molar-refractivity contribution in [2.45, 2.75) is 5.37 Å². The molecule has 0 radical (unpaired) electrons. The first-order valence-electron chi connectivity index (χ1n) is 9.21. The maximum atomic E-state index is 12.6. The standard InChI is InChI=1S/C23H17ClN2O2S/c24-17-2-6-19(7-3-17)28-20-8-4-18(5-9-20)26-22(27)14-29-23(26)16-1-10-21-15(13-16)11-12-25-21/h1-13,23,25H,14H2. The van der Waals surface area contributed by atoms with E-state index < -0.39 is 0 Å². The van der Waals surface area contributed by atoms with Crippen LogP contribution in [0.15, 0.2) is 79.0 Å². The van der Waals surface area contributed by atoms with Crippen molar-refractivity contribution >= 4 is 45.9 Å². The molecule has 1 aliphatic rings. The van der Waals surface area contributed by atoms with Gasteiger partial charge in [-0.1, -0.05) is 17.7 Å². The monoisotopic (exact) mass is 420 g/mol. The molecule has 1 aliphatic heterocycles. The number of fused-ring (bicyclic) bond motifs is 1. The van der Waals surface area contributed by atoms with Gasteiger partial charge in [-0.2, -0.15) is 0 Å². The van der Waals surface area contributed by atoms with Crippen LogP contribution in [0.4, 0.5) is 5.69 Å². The van der Waals surface area contributed by atoms with E-state index in [9.17, 15) is 4.79 Å². The molecule has 1 atom stereocenters. The minimum Gasteiger partial charge on any atom is -0.457 e. The van der Waals surface area contributed by atoms with Crippen LogP contribution >= 0.6 is 23.4 Å². The quantitative estimate of drug-likeness (QED) is 0.416. The number of benzene rings is 3. The summed E-state index contributed by atoms with van der Waals surface area (Å²) in [7, 11) is 0. The number of nitrogens with zero attached hydrogens (tertiary/aromatic N) is 1. The molecule has 3 aromatic carbocycles. The highest BCUT2D eigenvalue weighted by Crippen LogP contribution is 2.42. The van der Waals surface area contributed by atoms with Gasteiger partial charge in [-0.15, -0.1) is 11.8 Å². The number of hydrogen-bond donors (Lipinski definition) is 1.